The fourth-order valence-electron chi connectivity index (χ4n) is 1.63. The van der Waals surface area contributed by atoms with Crippen molar-refractivity contribution in [3.05, 3.63) is 23.8 Å². The third-order valence-electron chi connectivity index (χ3n) is 2.76. The maximum absolute atomic E-state index is 12.4. The molecule has 3 N–H and O–H groups in total. The second-order valence-corrected chi connectivity index (χ2v) is 5.97. The van der Waals surface area contributed by atoms with Crippen LogP contribution in [0.4, 0.5) is 5.69 Å². The number of carbonyl (C=O) groups is 2. The van der Waals surface area contributed by atoms with Crippen molar-refractivity contribution < 1.29 is 27.9 Å². The highest BCUT2D eigenvalue weighted by Crippen LogP contribution is 2.23. The molecule has 0 saturated carbocycles. The lowest BCUT2D eigenvalue weighted by Crippen LogP contribution is -2.36. The van der Waals surface area contributed by atoms with E-state index in [0.717, 1.165) is 29.6 Å². The average molecular weight is 316 g/mol. The second-order valence-electron chi connectivity index (χ2n) is 4.07. The molecule has 0 heterocycles. The number of carbonyl (C=O) groups excluding carboxylic acids is 1. The van der Waals surface area contributed by atoms with Gasteiger partial charge in [0.2, 0.25) is 10.0 Å². The molecule has 0 aliphatic rings. The highest BCUT2D eigenvalue weighted by molar-refractivity contribution is 7.89. The number of methoxy groups -OCH3 is 1. The summed E-state index contributed by atoms with van der Waals surface area (Å²) >= 11 is 0. The molecule has 0 atom stereocenters. The first-order valence-electron chi connectivity index (χ1n) is 5.93. The van der Waals surface area contributed by atoms with E-state index in [9.17, 15) is 18.0 Å². The van der Waals surface area contributed by atoms with Crippen molar-refractivity contribution in [3.8, 4) is 0 Å². The van der Waals surface area contributed by atoms with Gasteiger partial charge >= 0.3 is 11.9 Å². The van der Waals surface area contributed by atoms with Crippen LogP contribution in [0.15, 0.2) is 23.1 Å². The van der Waals surface area contributed by atoms with E-state index in [2.05, 4.69) is 4.74 Å². The van der Waals surface area contributed by atoms with E-state index in [1.807, 2.05) is 0 Å². The van der Waals surface area contributed by atoms with E-state index in [0.29, 0.717) is 0 Å². The van der Waals surface area contributed by atoms with Crippen LogP contribution < -0.4 is 5.73 Å². The van der Waals surface area contributed by atoms with Gasteiger partial charge in [-0.05, 0) is 18.2 Å². The Balaban J connectivity index is 3.23. The smallest absolute Gasteiger partial charge is 0.335 e. The number of aromatic carboxylic acids is 1. The fraction of sp³-hybridized carbons (Fsp3) is 0.333. The molecule has 1 aromatic rings. The van der Waals surface area contributed by atoms with Crippen molar-refractivity contribution in [2.75, 3.05) is 25.9 Å². The Morgan fingerprint density at radius 2 is 2.00 bits per heavy atom. The first kappa shape index (κ1) is 16.9. The highest BCUT2D eigenvalue weighted by Gasteiger charge is 2.27. The van der Waals surface area contributed by atoms with Crippen LogP contribution in [0.2, 0.25) is 0 Å². The zero-order valence-electron chi connectivity index (χ0n) is 11.6. The Hall–Kier alpha value is -2.13. The number of nitrogens with zero attached hydrogens (tertiary/aromatic N) is 1. The van der Waals surface area contributed by atoms with Gasteiger partial charge in [-0.1, -0.05) is 6.92 Å². The number of likely N-dealkylation sites (N-methyl/N-ethyl adjacent to an activating group) is 1. The van der Waals surface area contributed by atoms with Crippen LogP contribution in [0.25, 0.3) is 0 Å². The van der Waals surface area contributed by atoms with Crippen LogP contribution >= 0.6 is 0 Å². The van der Waals surface area contributed by atoms with E-state index in [-0.39, 0.29) is 22.7 Å². The Bertz CT molecular complexity index is 656. The summed E-state index contributed by atoms with van der Waals surface area (Å²) in [4.78, 5) is 21.8. The summed E-state index contributed by atoms with van der Waals surface area (Å²) in [7, 11) is -2.86. The molecule has 0 unspecified atom stereocenters. The predicted octanol–water partition coefficient (Wildman–Crippen LogP) is 0.151. The summed E-state index contributed by atoms with van der Waals surface area (Å²) in [5.74, 6) is -1.92. The number of ether oxygens (including phenoxy) is 1. The van der Waals surface area contributed by atoms with Crippen LogP contribution in [-0.4, -0.2) is 50.0 Å². The maximum Gasteiger partial charge on any atom is 0.335 e. The summed E-state index contributed by atoms with van der Waals surface area (Å²) in [6, 6.07) is 3.30. The van der Waals surface area contributed by atoms with Gasteiger partial charge in [-0.15, -0.1) is 0 Å². The molecular weight excluding hydrogens is 300 g/mol. The summed E-state index contributed by atoms with van der Waals surface area (Å²) in [6.45, 7) is 1.15. The summed E-state index contributed by atoms with van der Waals surface area (Å²) < 4.78 is 30.1. The third-order valence-corrected chi connectivity index (χ3v) is 4.76. The first-order chi connectivity index (χ1) is 9.73. The standard InChI is InChI=1S/C12H16N2O6S/c1-3-14(7-11(15)20-2)21(18,19)10-5-4-8(12(16)17)6-9(10)13/h4-6H,3,7,13H2,1-2H3,(H,16,17). The number of nitrogens with two attached hydrogens (primary N) is 1. The summed E-state index contributed by atoms with van der Waals surface area (Å²) in [6.07, 6.45) is 0. The molecule has 116 valence electrons. The molecule has 0 spiro atoms. The summed E-state index contributed by atoms with van der Waals surface area (Å²) in [5, 5.41) is 8.83. The van der Waals surface area contributed by atoms with Crippen LogP contribution in [0, 0.1) is 0 Å². The van der Waals surface area contributed by atoms with Crippen molar-refractivity contribution in [1.29, 1.82) is 0 Å². The number of sulfonamides is 1. The predicted molar refractivity (Wildman–Crippen MR) is 74.3 cm³/mol. The molecule has 0 radical (unpaired) electrons. The van der Waals surface area contributed by atoms with E-state index >= 15 is 0 Å². The number of hydrogen-bond acceptors (Lipinski definition) is 6. The lowest BCUT2D eigenvalue weighted by atomic mass is 10.2. The molecule has 0 fully saturated rings. The van der Waals surface area contributed by atoms with Crippen molar-refractivity contribution in [1.82, 2.24) is 4.31 Å². The van der Waals surface area contributed by atoms with Gasteiger partial charge in [-0.3, -0.25) is 4.79 Å². The molecule has 0 bridgehead atoms. The topological polar surface area (TPSA) is 127 Å². The second kappa shape index (κ2) is 6.55. The van der Waals surface area contributed by atoms with Crippen LogP contribution in [0.5, 0.6) is 0 Å². The van der Waals surface area contributed by atoms with Crippen molar-refractivity contribution in [2.45, 2.75) is 11.8 Å². The van der Waals surface area contributed by atoms with Crippen LogP contribution in [-0.2, 0) is 19.6 Å². The minimum atomic E-state index is -4.01. The lowest BCUT2D eigenvalue weighted by molar-refractivity contribution is -0.140. The van der Waals surface area contributed by atoms with Gasteiger partial charge in [0, 0.05) is 6.54 Å². The molecule has 0 amide bonds. The summed E-state index contributed by atoms with van der Waals surface area (Å²) in [5.41, 5.74) is 5.30. The normalized spacial score (nSPS) is 11.4. The van der Waals surface area contributed by atoms with Crippen LogP contribution in [0.1, 0.15) is 17.3 Å². The van der Waals surface area contributed by atoms with Gasteiger partial charge in [-0.2, -0.15) is 4.31 Å². The largest absolute Gasteiger partial charge is 0.478 e. The molecule has 0 saturated heterocycles. The van der Waals surface area contributed by atoms with Gasteiger partial charge < -0.3 is 15.6 Å². The zero-order valence-corrected chi connectivity index (χ0v) is 12.4. The fourth-order valence-corrected chi connectivity index (χ4v) is 3.12. The molecule has 0 aliphatic carbocycles. The highest BCUT2D eigenvalue weighted by atomic mass is 32.2. The average Bonchev–Trinajstić information content (AvgIpc) is 2.43. The van der Waals surface area contributed by atoms with E-state index in [1.165, 1.54) is 0 Å². The Kier molecular flexibility index (Phi) is 5.28. The maximum atomic E-state index is 12.4. The number of carboxylic acid groups (broad SMARTS) is 1. The Morgan fingerprint density at radius 1 is 1.38 bits per heavy atom. The minimum absolute atomic E-state index is 0.0392. The zero-order chi connectivity index (χ0) is 16.2. The number of esters is 1. The van der Waals surface area contributed by atoms with E-state index < -0.39 is 28.5 Å². The van der Waals surface area contributed by atoms with Crippen molar-refractivity contribution in [2.24, 2.45) is 0 Å². The van der Waals surface area contributed by atoms with E-state index in [1.54, 1.807) is 6.92 Å². The molecule has 8 nitrogen and oxygen atoms in total. The molecule has 0 aromatic heterocycles. The van der Waals surface area contributed by atoms with Crippen molar-refractivity contribution >= 4 is 27.6 Å². The van der Waals surface area contributed by atoms with Crippen molar-refractivity contribution in [3.63, 3.8) is 0 Å². The molecule has 9 heteroatoms. The molecular formula is C12H16N2O6S. The van der Waals surface area contributed by atoms with Crippen LogP contribution in [0.3, 0.4) is 0 Å². The number of carboxylic acids is 1. The van der Waals surface area contributed by atoms with E-state index in [4.69, 9.17) is 10.8 Å². The quantitative estimate of drug-likeness (QED) is 0.565. The number of anilines is 1. The van der Waals surface area contributed by atoms with Gasteiger partial charge in [0.1, 0.15) is 11.4 Å². The number of benzene rings is 1. The Labute approximate surface area is 122 Å². The molecule has 1 rings (SSSR count). The third kappa shape index (κ3) is 3.70. The van der Waals surface area contributed by atoms with Gasteiger partial charge in [-0.25, -0.2) is 13.2 Å². The molecule has 1 aromatic carbocycles. The monoisotopic (exact) mass is 316 g/mol. The lowest BCUT2D eigenvalue weighted by Gasteiger charge is -2.20. The first-order valence-corrected chi connectivity index (χ1v) is 7.37. The van der Waals surface area contributed by atoms with Gasteiger partial charge in [0.15, 0.2) is 0 Å². The van der Waals surface area contributed by atoms with Gasteiger partial charge in [0.25, 0.3) is 0 Å². The minimum Gasteiger partial charge on any atom is -0.478 e. The Morgan fingerprint density at radius 3 is 2.43 bits per heavy atom. The molecule has 21 heavy (non-hydrogen) atoms. The number of nitrogen functional groups attached to an aromatic ring is 1. The SMILES string of the molecule is CCN(CC(=O)OC)S(=O)(=O)c1ccc(C(=O)O)cc1N. The van der Waals surface area contributed by atoms with Gasteiger partial charge in [0.05, 0.1) is 18.4 Å². The number of hydrogen-bond donors (Lipinski definition) is 2. The number of rotatable bonds is 6. The molecule has 0 aliphatic heterocycles.